The van der Waals surface area contributed by atoms with Crippen LogP contribution in [0.3, 0.4) is 0 Å². The molecule has 1 atom stereocenters. The van der Waals surface area contributed by atoms with E-state index in [9.17, 15) is 18.0 Å². The van der Waals surface area contributed by atoms with Crippen LogP contribution >= 0.6 is 39.1 Å². The molecular weight excluding hydrogens is 685 g/mol. The molecule has 0 aliphatic carbocycles. The Hall–Kier alpha value is -3.37. The van der Waals surface area contributed by atoms with Crippen LogP contribution in [0.1, 0.15) is 25.0 Å². The second kappa shape index (κ2) is 15.1. The number of nitrogens with one attached hydrogen (secondary N) is 1. The van der Waals surface area contributed by atoms with Crippen molar-refractivity contribution in [3.8, 4) is 0 Å². The van der Waals surface area contributed by atoms with Crippen molar-refractivity contribution >= 4 is 66.7 Å². The number of carbonyl (C=O) groups is 2. The third-order valence-corrected chi connectivity index (χ3v) is 9.63. The summed E-state index contributed by atoms with van der Waals surface area (Å²) in [5, 5.41) is 3.67. The molecule has 0 spiro atoms. The largest absolute Gasteiger partial charge is 0.352 e. The lowest BCUT2D eigenvalue weighted by atomic mass is 10.0. The Labute approximate surface area is 277 Å². The fraction of sp³-hybridized carbons (Fsp3) is 0.212. The van der Waals surface area contributed by atoms with Gasteiger partial charge in [-0.2, -0.15) is 0 Å². The quantitative estimate of drug-likeness (QED) is 0.169. The third kappa shape index (κ3) is 8.63. The van der Waals surface area contributed by atoms with Crippen LogP contribution in [0.15, 0.2) is 112 Å². The zero-order valence-corrected chi connectivity index (χ0v) is 28.1. The van der Waals surface area contributed by atoms with Crippen LogP contribution in [0.5, 0.6) is 0 Å². The summed E-state index contributed by atoms with van der Waals surface area (Å²) in [7, 11) is -4.19. The highest BCUT2D eigenvalue weighted by Gasteiger charge is 2.35. The molecule has 7 nitrogen and oxygen atoms in total. The van der Waals surface area contributed by atoms with Crippen LogP contribution < -0.4 is 9.62 Å². The van der Waals surface area contributed by atoms with Gasteiger partial charge >= 0.3 is 0 Å². The van der Waals surface area contributed by atoms with Gasteiger partial charge in [-0.15, -0.1) is 0 Å². The molecule has 0 fully saturated rings. The molecule has 230 valence electrons. The minimum atomic E-state index is -4.19. The second-order valence-corrected chi connectivity index (χ2v) is 14.1. The van der Waals surface area contributed by atoms with E-state index < -0.39 is 28.5 Å². The van der Waals surface area contributed by atoms with E-state index in [0.717, 1.165) is 9.87 Å². The molecule has 4 rings (SSSR count). The second-order valence-electron chi connectivity index (χ2n) is 10.4. The minimum Gasteiger partial charge on any atom is -0.352 e. The normalized spacial score (nSPS) is 12.0. The Morgan fingerprint density at radius 2 is 1.52 bits per heavy atom. The smallest absolute Gasteiger partial charge is 0.264 e. The zero-order valence-electron chi connectivity index (χ0n) is 24.2. The van der Waals surface area contributed by atoms with Gasteiger partial charge in [-0.05, 0) is 67.4 Å². The van der Waals surface area contributed by atoms with Crippen molar-refractivity contribution in [3.05, 3.63) is 129 Å². The number of amides is 2. The van der Waals surface area contributed by atoms with E-state index in [4.69, 9.17) is 23.2 Å². The van der Waals surface area contributed by atoms with Gasteiger partial charge in [0.05, 0.1) is 10.6 Å². The fourth-order valence-corrected chi connectivity index (χ4v) is 6.93. The predicted octanol–water partition coefficient (Wildman–Crippen LogP) is 7.12. The van der Waals surface area contributed by atoms with Gasteiger partial charge in [0.15, 0.2) is 0 Å². The van der Waals surface area contributed by atoms with Gasteiger partial charge in [0, 0.05) is 33.5 Å². The summed E-state index contributed by atoms with van der Waals surface area (Å²) >= 11 is 16.1. The molecule has 0 aliphatic rings. The number of nitrogens with zero attached hydrogens (tertiary/aromatic N) is 2. The van der Waals surface area contributed by atoms with Crippen LogP contribution in [-0.4, -0.2) is 43.8 Å². The Morgan fingerprint density at radius 1 is 0.864 bits per heavy atom. The van der Waals surface area contributed by atoms with Gasteiger partial charge in [-0.25, -0.2) is 8.42 Å². The monoisotopic (exact) mass is 715 g/mol. The summed E-state index contributed by atoms with van der Waals surface area (Å²) in [6, 6.07) is 27.7. The van der Waals surface area contributed by atoms with Crippen molar-refractivity contribution in [1.29, 1.82) is 0 Å². The van der Waals surface area contributed by atoms with Gasteiger partial charge in [0.1, 0.15) is 12.6 Å². The number of hydrogen-bond donors (Lipinski definition) is 1. The van der Waals surface area contributed by atoms with E-state index in [1.807, 2.05) is 44.2 Å². The minimum absolute atomic E-state index is 0.0263. The lowest BCUT2D eigenvalue weighted by molar-refractivity contribution is -0.140. The highest BCUT2D eigenvalue weighted by molar-refractivity contribution is 9.10. The number of benzene rings is 4. The molecule has 44 heavy (non-hydrogen) atoms. The maximum Gasteiger partial charge on any atom is 0.264 e. The first-order valence-electron chi connectivity index (χ1n) is 13.9. The van der Waals surface area contributed by atoms with E-state index in [2.05, 4.69) is 21.2 Å². The van der Waals surface area contributed by atoms with Gasteiger partial charge in [0.2, 0.25) is 11.8 Å². The van der Waals surface area contributed by atoms with E-state index >= 15 is 0 Å². The summed E-state index contributed by atoms with van der Waals surface area (Å²) in [6.45, 7) is 3.04. The number of sulfonamides is 1. The maximum atomic E-state index is 14.5. The first kappa shape index (κ1) is 33.5. The number of hydrogen-bond acceptors (Lipinski definition) is 4. The summed E-state index contributed by atoms with van der Waals surface area (Å²) in [5.41, 5.74) is 1.67. The van der Waals surface area contributed by atoms with Crippen molar-refractivity contribution in [2.75, 3.05) is 10.8 Å². The van der Waals surface area contributed by atoms with Crippen LogP contribution in [0.25, 0.3) is 0 Å². The molecule has 2 amide bonds. The van der Waals surface area contributed by atoms with E-state index in [-0.39, 0.29) is 35.5 Å². The van der Waals surface area contributed by atoms with Crippen molar-refractivity contribution < 1.29 is 18.0 Å². The molecule has 11 heteroatoms. The number of anilines is 1. The highest BCUT2D eigenvalue weighted by atomic mass is 79.9. The van der Waals surface area contributed by atoms with E-state index in [1.165, 1.54) is 17.0 Å². The molecule has 0 saturated carbocycles. The lowest BCUT2D eigenvalue weighted by Gasteiger charge is -2.34. The first-order chi connectivity index (χ1) is 21.0. The van der Waals surface area contributed by atoms with Crippen LogP contribution in [0.2, 0.25) is 10.0 Å². The van der Waals surface area contributed by atoms with Crippen LogP contribution in [-0.2, 0) is 32.6 Å². The molecule has 0 aromatic heterocycles. The standard InChI is InChI=1S/C33H32BrCl2N3O4S/c1-23(2)37-33(41)31(18-24-10-5-3-6-11-24)38(21-25-16-17-27(35)20-30(25)36)32(40)22-39(28-13-9-12-26(34)19-28)44(42,43)29-14-7-4-8-15-29/h3-17,19-20,23,31H,18,21-22H2,1-2H3,(H,37,41)/t31-/m0/s1. The molecule has 0 unspecified atom stereocenters. The average molecular weight is 718 g/mol. The van der Waals surface area contributed by atoms with Gasteiger partial charge in [0.25, 0.3) is 10.0 Å². The maximum absolute atomic E-state index is 14.5. The molecule has 0 radical (unpaired) electrons. The first-order valence-corrected chi connectivity index (χ1v) is 16.9. The van der Waals surface area contributed by atoms with E-state index in [0.29, 0.717) is 20.1 Å². The Kier molecular flexibility index (Phi) is 11.5. The topological polar surface area (TPSA) is 86.8 Å². The molecule has 4 aromatic carbocycles. The van der Waals surface area contributed by atoms with Crippen molar-refractivity contribution in [3.63, 3.8) is 0 Å². The third-order valence-electron chi connectivity index (χ3n) is 6.76. The summed E-state index contributed by atoms with van der Waals surface area (Å²) in [4.78, 5) is 29.6. The molecule has 0 saturated heterocycles. The van der Waals surface area contributed by atoms with Crippen LogP contribution in [0, 0.1) is 0 Å². The molecule has 0 heterocycles. The Bertz CT molecular complexity index is 1710. The van der Waals surface area contributed by atoms with Crippen LogP contribution in [0.4, 0.5) is 5.69 Å². The number of rotatable bonds is 12. The lowest BCUT2D eigenvalue weighted by Crippen LogP contribution is -2.54. The summed E-state index contributed by atoms with van der Waals surface area (Å²) < 4.78 is 29.7. The summed E-state index contributed by atoms with van der Waals surface area (Å²) in [5.74, 6) is -0.961. The summed E-state index contributed by atoms with van der Waals surface area (Å²) in [6.07, 6.45) is 0.193. The fourth-order valence-electron chi connectivity index (χ4n) is 4.65. The predicted molar refractivity (Wildman–Crippen MR) is 179 cm³/mol. The SMILES string of the molecule is CC(C)NC(=O)[C@H](Cc1ccccc1)N(Cc1ccc(Cl)cc1Cl)C(=O)CN(c1cccc(Br)c1)S(=O)(=O)c1ccccc1. The number of halogens is 3. The average Bonchev–Trinajstić information content (AvgIpc) is 2.99. The van der Waals surface area contributed by atoms with Gasteiger partial charge in [-0.3, -0.25) is 13.9 Å². The van der Waals surface area contributed by atoms with Gasteiger partial charge < -0.3 is 10.2 Å². The Morgan fingerprint density at radius 3 is 2.14 bits per heavy atom. The zero-order chi connectivity index (χ0) is 31.9. The highest BCUT2D eigenvalue weighted by Crippen LogP contribution is 2.28. The molecular formula is C33H32BrCl2N3O4S. The molecule has 0 bridgehead atoms. The van der Waals surface area contributed by atoms with E-state index in [1.54, 1.807) is 60.7 Å². The van der Waals surface area contributed by atoms with Gasteiger partial charge in [-0.1, -0.05) is 99.8 Å². The van der Waals surface area contributed by atoms with Crippen molar-refractivity contribution in [1.82, 2.24) is 10.2 Å². The van der Waals surface area contributed by atoms with Crippen molar-refractivity contribution in [2.24, 2.45) is 0 Å². The molecule has 1 N–H and O–H groups in total. The molecule has 0 aliphatic heterocycles. The van der Waals surface area contributed by atoms with Crippen molar-refractivity contribution in [2.45, 2.75) is 43.8 Å². The number of carbonyl (C=O) groups excluding carboxylic acids is 2. The Balaban J connectivity index is 1.82. The molecule has 4 aromatic rings.